The summed E-state index contributed by atoms with van der Waals surface area (Å²) < 4.78 is 6.04. The van der Waals surface area contributed by atoms with Gasteiger partial charge in [-0.2, -0.15) is 0 Å². The topological polar surface area (TPSA) is 100.0 Å². The quantitative estimate of drug-likeness (QED) is 0.248. The molecule has 2 heterocycles. The van der Waals surface area contributed by atoms with Crippen LogP contribution in [0.25, 0.3) is 16.0 Å². The Kier molecular flexibility index (Phi) is 5.30. The van der Waals surface area contributed by atoms with Gasteiger partial charge in [-0.3, -0.25) is 14.5 Å². The van der Waals surface area contributed by atoms with Crippen molar-refractivity contribution in [1.82, 2.24) is 4.98 Å². The number of nitrogens with zero attached hydrogens (tertiary/aromatic N) is 2. The third-order valence-corrected chi connectivity index (χ3v) is 6.75. The van der Waals surface area contributed by atoms with Crippen LogP contribution in [-0.4, -0.2) is 34.0 Å². The van der Waals surface area contributed by atoms with Gasteiger partial charge >= 0.3 is 5.91 Å². The van der Waals surface area contributed by atoms with Crippen molar-refractivity contribution in [2.75, 3.05) is 12.0 Å². The molecule has 0 radical (unpaired) electrons. The monoisotopic (exact) mass is 472 g/mol. The molecule has 0 spiro atoms. The molecule has 4 aromatic rings. The summed E-state index contributed by atoms with van der Waals surface area (Å²) in [5.74, 6) is -1.36. The highest BCUT2D eigenvalue weighted by Gasteiger charge is 2.48. The van der Waals surface area contributed by atoms with Crippen molar-refractivity contribution in [1.29, 1.82) is 0 Å². The smallest absolute Gasteiger partial charge is 0.301 e. The Morgan fingerprint density at radius 2 is 1.82 bits per heavy atom. The maximum atomic E-state index is 13.3. The number of aliphatic hydroxyl groups is 1. The zero-order valence-corrected chi connectivity index (χ0v) is 19.2. The minimum Gasteiger partial charge on any atom is -0.508 e. The Morgan fingerprint density at radius 3 is 2.53 bits per heavy atom. The zero-order chi connectivity index (χ0) is 24.0. The lowest BCUT2D eigenvalue weighted by atomic mass is 9.95. The fourth-order valence-electron chi connectivity index (χ4n) is 4.07. The van der Waals surface area contributed by atoms with E-state index in [1.807, 2.05) is 25.1 Å². The summed E-state index contributed by atoms with van der Waals surface area (Å²) in [5.41, 5.74) is 2.52. The van der Waals surface area contributed by atoms with E-state index in [2.05, 4.69) is 4.98 Å². The number of aromatic hydroxyl groups is 1. The summed E-state index contributed by atoms with van der Waals surface area (Å²) in [6.07, 6.45) is 0. The van der Waals surface area contributed by atoms with Gasteiger partial charge in [0.05, 0.1) is 28.9 Å². The number of aliphatic hydroxyl groups excluding tert-OH is 1. The van der Waals surface area contributed by atoms with Gasteiger partial charge in [0.25, 0.3) is 5.78 Å². The van der Waals surface area contributed by atoms with E-state index < -0.39 is 17.7 Å². The van der Waals surface area contributed by atoms with Crippen LogP contribution in [0.4, 0.5) is 5.13 Å². The lowest BCUT2D eigenvalue weighted by Gasteiger charge is -2.23. The number of rotatable bonds is 4. The molecule has 1 saturated heterocycles. The van der Waals surface area contributed by atoms with E-state index in [0.717, 1.165) is 10.3 Å². The molecule has 2 N–H and O–H groups in total. The Bertz CT molecular complexity index is 1470. The van der Waals surface area contributed by atoms with Crippen LogP contribution in [0.1, 0.15) is 22.7 Å². The second-order valence-electron chi connectivity index (χ2n) is 7.96. The van der Waals surface area contributed by atoms with E-state index in [1.165, 1.54) is 35.5 Å². The summed E-state index contributed by atoms with van der Waals surface area (Å²) in [6, 6.07) is 17.6. The predicted octanol–water partition coefficient (Wildman–Crippen LogP) is 4.95. The lowest BCUT2D eigenvalue weighted by molar-refractivity contribution is -0.132. The first-order valence-electron chi connectivity index (χ1n) is 10.5. The van der Waals surface area contributed by atoms with Crippen molar-refractivity contribution in [3.05, 3.63) is 89.0 Å². The number of benzene rings is 3. The highest BCUT2D eigenvalue weighted by Crippen LogP contribution is 2.44. The highest BCUT2D eigenvalue weighted by atomic mass is 32.1. The fraction of sp³-hybridized carbons (Fsp3) is 0.115. The molecule has 0 saturated carbocycles. The van der Waals surface area contributed by atoms with Crippen molar-refractivity contribution in [2.45, 2.75) is 13.0 Å². The van der Waals surface area contributed by atoms with Gasteiger partial charge in [-0.25, -0.2) is 4.98 Å². The van der Waals surface area contributed by atoms with Crippen molar-refractivity contribution in [2.24, 2.45) is 0 Å². The Morgan fingerprint density at radius 1 is 1.06 bits per heavy atom. The number of methoxy groups -OCH3 is 1. The molecule has 5 rings (SSSR count). The number of phenolic OH excluding ortho intramolecular Hbond substituents is 1. The van der Waals surface area contributed by atoms with Gasteiger partial charge in [0.15, 0.2) is 5.13 Å². The van der Waals surface area contributed by atoms with Gasteiger partial charge < -0.3 is 14.9 Å². The van der Waals surface area contributed by atoms with Crippen molar-refractivity contribution < 1.29 is 24.5 Å². The van der Waals surface area contributed by atoms with E-state index in [9.17, 15) is 19.8 Å². The third kappa shape index (κ3) is 3.58. The number of thiazole rings is 1. The van der Waals surface area contributed by atoms with Crippen molar-refractivity contribution >= 4 is 44.1 Å². The van der Waals surface area contributed by atoms with Gasteiger partial charge in [-0.1, -0.05) is 29.5 Å². The number of carbonyl (C=O) groups is 2. The molecule has 7 nitrogen and oxygen atoms in total. The average molecular weight is 473 g/mol. The molecule has 1 aromatic heterocycles. The molecule has 1 aliphatic heterocycles. The average Bonchev–Trinajstić information content (AvgIpc) is 3.36. The van der Waals surface area contributed by atoms with Crippen LogP contribution < -0.4 is 9.64 Å². The molecule has 170 valence electrons. The molecule has 3 aromatic carbocycles. The van der Waals surface area contributed by atoms with Crippen molar-refractivity contribution in [3.8, 4) is 11.5 Å². The normalized spacial score (nSPS) is 17.5. The molecule has 1 atom stereocenters. The molecule has 0 bridgehead atoms. The number of carbonyl (C=O) groups excluding carboxylic acids is 2. The second kappa shape index (κ2) is 8.31. The Labute approximate surface area is 199 Å². The first kappa shape index (κ1) is 21.7. The minimum atomic E-state index is -0.962. The van der Waals surface area contributed by atoms with Crippen LogP contribution in [0.15, 0.2) is 72.3 Å². The lowest BCUT2D eigenvalue weighted by Crippen LogP contribution is -2.29. The number of hydrogen-bond acceptors (Lipinski definition) is 7. The van der Waals surface area contributed by atoms with E-state index >= 15 is 0 Å². The van der Waals surface area contributed by atoms with Crippen LogP contribution in [0.2, 0.25) is 0 Å². The minimum absolute atomic E-state index is 0.0209. The summed E-state index contributed by atoms with van der Waals surface area (Å²) in [4.78, 5) is 32.4. The van der Waals surface area contributed by atoms with E-state index in [4.69, 9.17) is 4.74 Å². The Balaban J connectivity index is 1.72. The Hall–Kier alpha value is -4.17. The molecule has 0 aliphatic carbocycles. The first-order chi connectivity index (χ1) is 16.4. The number of fused-ring (bicyclic) bond motifs is 1. The standard InChI is InChI=1S/C26H20N2O5S/c1-14-6-11-19-20(12-14)34-26(27-19)28-22(16-4-3-5-17(29)13-16)21(24(31)25(28)32)23(30)15-7-9-18(33-2)10-8-15/h3-13,22,29-30H,1-2H3. The summed E-state index contributed by atoms with van der Waals surface area (Å²) in [6.45, 7) is 1.96. The molecule has 1 fully saturated rings. The fourth-order valence-corrected chi connectivity index (χ4v) is 5.16. The SMILES string of the molecule is COc1ccc(C(O)=C2C(=O)C(=O)N(c3nc4ccc(C)cc4s3)C2c2cccc(O)c2)cc1. The third-order valence-electron chi connectivity index (χ3n) is 5.73. The number of ether oxygens (including phenoxy) is 1. The number of hydrogen-bond donors (Lipinski definition) is 2. The number of anilines is 1. The molecule has 1 unspecified atom stereocenters. The molecular weight excluding hydrogens is 452 g/mol. The molecular formula is C26H20N2O5S. The number of phenols is 1. The van der Waals surface area contributed by atoms with E-state index in [1.54, 1.807) is 36.4 Å². The van der Waals surface area contributed by atoms with Crippen LogP contribution in [0.5, 0.6) is 11.5 Å². The number of amides is 1. The number of aryl methyl sites for hydroxylation is 1. The summed E-state index contributed by atoms with van der Waals surface area (Å²) in [5, 5.41) is 21.6. The maximum Gasteiger partial charge on any atom is 0.301 e. The summed E-state index contributed by atoms with van der Waals surface area (Å²) in [7, 11) is 1.53. The van der Waals surface area contributed by atoms with Gasteiger partial charge in [0.2, 0.25) is 0 Å². The first-order valence-corrected chi connectivity index (χ1v) is 11.3. The van der Waals surface area contributed by atoms with Gasteiger partial charge in [0, 0.05) is 5.56 Å². The van der Waals surface area contributed by atoms with Crippen LogP contribution in [-0.2, 0) is 9.59 Å². The number of ketones is 1. The van der Waals surface area contributed by atoms with Crippen molar-refractivity contribution in [3.63, 3.8) is 0 Å². The van der Waals surface area contributed by atoms with Crippen LogP contribution >= 0.6 is 11.3 Å². The number of Topliss-reactive ketones (excluding diaryl/α,β-unsaturated/α-hetero) is 1. The molecule has 8 heteroatoms. The van der Waals surface area contributed by atoms with Gasteiger partial charge in [-0.05, 0) is 66.6 Å². The molecule has 34 heavy (non-hydrogen) atoms. The predicted molar refractivity (Wildman–Crippen MR) is 130 cm³/mol. The molecule has 1 aliphatic rings. The van der Waals surface area contributed by atoms with E-state index in [-0.39, 0.29) is 17.1 Å². The van der Waals surface area contributed by atoms with Crippen LogP contribution in [0.3, 0.4) is 0 Å². The van der Waals surface area contributed by atoms with Gasteiger partial charge in [0.1, 0.15) is 17.3 Å². The summed E-state index contributed by atoms with van der Waals surface area (Å²) >= 11 is 1.29. The highest BCUT2D eigenvalue weighted by molar-refractivity contribution is 7.22. The molecule has 1 amide bonds. The maximum absolute atomic E-state index is 13.3. The largest absolute Gasteiger partial charge is 0.508 e. The second-order valence-corrected chi connectivity index (χ2v) is 8.97. The van der Waals surface area contributed by atoms with Gasteiger partial charge in [-0.15, -0.1) is 0 Å². The van der Waals surface area contributed by atoms with E-state index in [0.29, 0.717) is 27.5 Å². The number of aromatic nitrogens is 1. The zero-order valence-electron chi connectivity index (χ0n) is 18.4. The van der Waals surface area contributed by atoms with Crippen LogP contribution in [0, 0.1) is 6.92 Å².